The zero-order valence-electron chi connectivity index (χ0n) is 8.71. The maximum Gasteiger partial charge on any atom is 2.00 e. The summed E-state index contributed by atoms with van der Waals surface area (Å²) in [6.07, 6.45) is 0. The first-order valence-corrected chi connectivity index (χ1v) is 2.68. The van der Waals surface area contributed by atoms with E-state index in [1.807, 2.05) is 0 Å². The summed E-state index contributed by atoms with van der Waals surface area (Å²) in [4.78, 5) is 29.3. The molecule has 0 aromatic rings. The predicted octanol–water partition coefficient (Wildman–Crippen LogP) is -4.11. The van der Waals surface area contributed by atoms with E-state index >= 15 is 0 Å². The molecule has 0 aromatic carbocycles. The molecule has 0 atom stereocenters. The third kappa shape index (κ3) is 72.0. The average Bonchev–Trinajstić information content (AvgIpc) is 0.722. The van der Waals surface area contributed by atoms with E-state index in [2.05, 4.69) is 0 Å². The van der Waals surface area contributed by atoms with E-state index in [9.17, 15) is 0 Å². The second kappa shape index (κ2) is 14.7. The molecule has 0 heterocycles. The summed E-state index contributed by atoms with van der Waals surface area (Å²) in [5.41, 5.74) is 0. The van der Waals surface area contributed by atoms with Crippen molar-refractivity contribution in [3.05, 3.63) is 0 Å². The molecule has 0 saturated carbocycles. The minimum atomic E-state index is -4.61. The topological polar surface area (TPSA) is 80.9 Å². The van der Waals surface area contributed by atoms with Gasteiger partial charge in [-0.3, -0.25) is 0 Å². The zero-order chi connectivity index (χ0) is 4.50. The van der Waals surface area contributed by atoms with E-state index in [0.717, 1.165) is 0 Å². The summed E-state index contributed by atoms with van der Waals surface area (Å²) in [5, 5.41) is 0. The number of rotatable bonds is 0. The normalized spacial score (nSPS) is 6.67. The first-order chi connectivity index (χ1) is 2.00. The van der Waals surface area contributed by atoms with Crippen LogP contribution in [0.1, 0.15) is 5.71 Å². The summed E-state index contributed by atoms with van der Waals surface area (Å²) in [7, 11) is -4.61. The molecule has 9 heteroatoms. The van der Waals surface area contributed by atoms with Gasteiger partial charge in [0.2, 0.25) is 0 Å². The molecule has 59 valence electrons. The number of hydrogen-bond donors (Lipinski definition) is 4. The van der Waals surface area contributed by atoms with E-state index in [-0.39, 0.29) is 132 Å². The molecule has 0 bridgehead atoms. The number of hydrogen-bond acceptors (Lipinski definition) is 4. The van der Waals surface area contributed by atoms with Crippen LogP contribution in [0.25, 0.3) is 0 Å². The molecule has 0 rings (SSSR count). The molecule has 0 saturated heterocycles. The van der Waals surface area contributed by atoms with E-state index in [4.69, 9.17) is 19.2 Å². The van der Waals surface area contributed by atoms with Crippen molar-refractivity contribution in [2.75, 3.05) is 0 Å². The fourth-order valence-electron chi connectivity index (χ4n) is 0. The Morgan fingerprint density at radius 1 is 1.00 bits per heavy atom. The van der Waals surface area contributed by atoms with Gasteiger partial charge in [0.25, 0.3) is 0 Å². The molecule has 0 spiro atoms. The first kappa shape index (κ1) is 29.2. The van der Waals surface area contributed by atoms with Crippen LogP contribution in [0.3, 0.4) is 0 Å². The van der Waals surface area contributed by atoms with Crippen molar-refractivity contribution < 1.29 is 42.0 Å². The SMILES string of the molecule is O[Si](O)(O)O.[BiH3].[Ca+2].[Cu].[H-].[H-].[H-].[H-].[Sr+2]. The van der Waals surface area contributed by atoms with Crippen LogP contribution >= 0.6 is 0 Å². The van der Waals surface area contributed by atoms with Gasteiger partial charge in [-0.2, -0.15) is 0 Å². The maximum atomic E-state index is 7.33. The maximum absolute atomic E-state index is 7.33. The monoisotopic (exact) mass is 503 g/mol. The quantitative estimate of drug-likeness (QED) is 0.254. The molecule has 4 nitrogen and oxygen atoms in total. The second-order valence-electron chi connectivity index (χ2n) is 0.600. The molecule has 0 aliphatic heterocycles. The van der Waals surface area contributed by atoms with E-state index in [1.165, 1.54) is 0 Å². The predicted molar refractivity (Wildman–Crippen MR) is 40.5 cm³/mol. The van der Waals surface area contributed by atoms with Gasteiger partial charge in [-0.1, -0.05) is 0 Å². The van der Waals surface area contributed by atoms with Crippen LogP contribution < -0.4 is 0 Å². The zero-order valence-corrected chi connectivity index (χ0v) is 17.8. The Hall–Kier alpha value is 4.20. The minimum absolute atomic E-state index is 0. The van der Waals surface area contributed by atoms with E-state index < -0.39 is 9.05 Å². The molecular weight excluding hydrogens is 492 g/mol. The van der Waals surface area contributed by atoms with Crippen molar-refractivity contribution in [3.63, 3.8) is 0 Å². The Balaban J connectivity index is -0.00000000286. The van der Waals surface area contributed by atoms with Crippen LogP contribution in [0.4, 0.5) is 0 Å². The summed E-state index contributed by atoms with van der Waals surface area (Å²) in [6.45, 7) is 0. The smallest absolute Gasteiger partial charge is 1.00 e. The van der Waals surface area contributed by atoms with Crippen LogP contribution in [0.15, 0.2) is 0 Å². The Kier molecular flexibility index (Phi) is 47.8. The van der Waals surface area contributed by atoms with Crippen molar-refractivity contribution in [1.82, 2.24) is 0 Å². The van der Waals surface area contributed by atoms with Gasteiger partial charge in [-0.15, -0.1) is 0 Å². The Morgan fingerprint density at radius 2 is 1.00 bits per heavy atom. The van der Waals surface area contributed by atoms with Gasteiger partial charge in [0.15, 0.2) is 0 Å². The van der Waals surface area contributed by atoms with Crippen molar-refractivity contribution in [1.29, 1.82) is 0 Å². The van der Waals surface area contributed by atoms with Crippen molar-refractivity contribution in [2.45, 2.75) is 0 Å². The largest absolute Gasteiger partial charge is 2.00 e. The fourth-order valence-corrected chi connectivity index (χ4v) is 0. The van der Waals surface area contributed by atoms with Crippen LogP contribution in [0.5, 0.6) is 0 Å². The molecule has 0 amide bonds. The van der Waals surface area contributed by atoms with Gasteiger partial charge < -0.3 is 24.9 Å². The molecule has 0 aromatic heterocycles. The standard InChI is InChI=1S/Bi.Ca.Cu.H4O4Si.Sr.7H/c;;;1-5(2,3)4;;;;;;;;/h;;;1-4H;;;;;;;;/q;+2;;;+2;;;;4*-1. The Morgan fingerprint density at radius 3 is 1.00 bits per heavy atom. The van der Waals surface area contributed by atoms with Crippen LogP contribution in [-0.2, 0) is 17.1 Å². The fraction of sp³-hybridized carbons (Fsp3) is 0. The Labute approximate surface area is 157 Å². The van der Waals surface area contributed by atoms with Crippen molar-refractivity contribution in [3.8, 4) is 0 Å². The van der Waals surface area contributed by atoms with Crippen molar-refractivity contribution in [2.24, 2.45) is 0 Å². The second-order valence-corrected chi connectivity index (χ2v) is 1.80. The van der Waals surface area contributed by atoms with Gasteiger partial charge in [-0.05, 0) is 0 Å². The van der Waals surface area contributed by atoms with Gasteiger partial charge in [0.05, 0.1) is 0 Å². The molecule has 0 unspecified atom stereocenters. The molecule has 0 aliphatic carbocycles. The van der Waals surface area contributed by atoms with Gasteiger partial charge in [0.1, 0.15) is 0 Å². The minimum Gasteiger partial charge on any atom is -1.00 e. The van der Waals surface area contributed by atoms with E-state index in [1.54, 1.807) is 0 Å². The molecule has 0 aliphatic rings. The third-order valence-corrected chi connectivity index (χ3v) is 0. The van der Waals surface area contributed by atoms with Gasteiger partial charge in [0, 0.05) is 17.1 Å². The summed E-state index contributed by atoms with van der Waals surface area (Å²) in [6, 6.07) is 0. The molecule has 1 radical (unpaired) electrons. The average molecular weight is 503 g/mol. The van der Waals surface area contributed by atoms with E-state index in [0.29, 0.717) is 0 Å². The molecular formula is H11BiCaCuO4SiSr. The van der Waals surface area contributed by atoms with Crippen LogP contribution in [0.2, 0.25) is 0 Å². The summed E-state index contributed by atoms with van der Waals surface area (Å²) in [5.74, 6) is 0. The van der Waals surface area contributed by atoms with Crippen LogP contribution in [0, 0.1) is 0 Å². The molecule has 0 fully saturated rings. The Bertz CT molecular complexity index is 47.6. The van der Waals surface area contributed by atoms with Crippen LogP contribution in [-0.4, -0.2) is 138 Å². The third-order valence-electron chi connectivity index (χ3n) is 0. The van der Waals surface area contributed by atoms with Gasteiger partial charge >= 0.3 is 118 Å². The first-order valence-electron chi connectivity index (χ1n) is 0.894. The van der Waals surface area contributed by atoms with Crippen molar-refractivity contribution >= 4 is 118 Å². The molecule has 9 heavy (non-hydrogen) atoms. The molecule has 4 N–H and O–H groups in total. The summed E-state index contributed by atoms with van der Waals surface area (Å²) >= 11 is 0. The summed E-state index contributed by atoms with van der Waals surface area (Å²) < 4.78 is 0. The van der Waals surface area contributed by atoms with Gasteiger partial charge in [-0.25, -0.2) is 0 Å².